The SMILES string of the molecule is CCN(C)c1nc(N)c(C(=O)N(CCO)C(C)C)s1. The lowest BCUT2D eigenvalue weighted by Crippen LogP contribution is -2.38. The van der Waals surface area contributed by atoms with Crippen LogP contribution in [0.5, 0.6) is 0 Å². The summed E-state index contributed by atoms with van der Waals surface area (Å²) in [4.78, 5) is 20.6. The van der Waals surface area contributed by atoms with Crippen LogP contribution in [0.4, 0.5) is 10.9 Å². The molecule has 1 amide bonds. The zero-order valence-electron chi connectivity index (χ0n) is 11.9. The molecule has 0 atom stereocenters. The monoisotopic (exact) mass is 286 g/mol. The van der Waals surface area contributed by atoms with E-state index in [4.69, 9.17) is 10.8 Å². The number of carbonyl (C=O) groups is 1. The average molecular weight is 286 g/mol. The summed E-state index contributed by atoms with van der Waals surface area (Å²) in [7, 11) is 1.90. The van der Waals surface area contributed by atoms with E-state index in [1.807, 2.05) is 32.7 Å². The molecule has 7 heteroatoms. The number of nitrogen functional groups attached to an aromatic ring is 1. The Labute approximate surface area is 117 Å². The fourth-order valence-electron chi connectivity index (χ4n) is 1.60. The van der Waals surface area contributed by atoms with Crippen LogP contribution < -0.4 is 10.6 Å². The van der Waals surface area contributed by atoms with Crippen molar-refractivity contribution in [2.45, 2.75) is 26.8 Å². The number of aliphatic hydroxyl groups excluding tert-OH is 1. The van der Waals surface area contributed by atoms with Gasteiger partial charge in [0.1, 0.15) is 10.7 Å². The predicted molar refractivity (Wildman–Crippen MR) is 78.7 cm³/mol. The summed E-state index contributed by atoms with van der Waals surface area (Å²) >= 11 is 1.29. The summed E-state index contributed by atoms with van der Waals surface area (Å²) in [5.74, 6) is 0.0868. The second kappa shape index (κ2) is 6.72. The predicted octanol–water partition coefficient (Wildman–Crippen LogP) is 1.02. The van der Waals surface area contributed by atoms with Gasteiger partial charge in [-0.25, -0.2) is 4.98 Å². The van der Waals surface area contributed by atoms with Gasteiger partial charge in [-0.2, -0.15) is 0 Å². The first-order valence-corrected chi connectivity index (χ1v) is 7.13. The van der Waals surface area contributed by atoms with Crippen LogP contribution in [0.3, 0.4) is 0 Å². The van der Waals surface area contributed by atoms with E-state index in [9.17, 15) is 4.79 Å². The highest BCUT2D eigenvalue weighted by Crippen LogP contribution is 2.28. The number of amides is 1. The first kappa shape index (κ1) is 15.7. The zero-order chi connectivity index (χ0) is 14.6. The first-order chi connectivity index (χ1) is 8.92. The normalized spacial score (nSPS) is 10.8. The van der Waals surface area contributed by atoms with Gasteiger partial charge in [0.05, 0.1) is 6.61 Å². The quantitative estimate of drug-likeness (QED) is 0.816. The minimum atomic E-state index is -0.171. The van der Waals surface area contributed by atoms with E-state index in [1.54, 1.807) is 4.90 Å². The maximum Gasteiger partial charge on any atom is 0.268 e. The van der Waals surface area contributed by atoms with E-state index in [1.165, 1.54) is 11.3 Å². The van der Waals surface area contributed by atoms with Crippen molar-refractivity contribution in [3.63, 3.8) is 0 Å². The average Bonchev–Trinajstić information content (AvgIpc) is 2.76. The third kappa shape index (κ3) is 3.57. The molecule has 0 aliphatic heterocycles. The molecule has 1 heterocycles. The molecule has 1 aromatic rings. The Hall–Kier alpha value is -1.34. The molecule has 6 nitrogen and oxygen atoms in total. The Kier molecular flexibility index (Phi) is 5.56. The molecule has 1 aromatic heterocycles. The number of anilines is 2. The van der Waals surface area contributed by atoms with Gasteiger partial charge in [0.25, 0.3) is 5.91 Å². The van der Waals surface area contributed by atoms with Crippen molar-refractivity contribution in [2.75, 3.05) is 37.4 Å². The molecule has 108 valence electrons. The van der Waals surface area contributed by atoms with Gasteiger partial charge in [-0.15, -0.1) is 0 Å². The van der Waals surface area contributed by atoms with Gasteiger partial charge in [-0.05, 0) is 20.8 Å². The number of hydrogen-bond acceptors (Lipinski definition) is 6. The lowest BCUT2D eigenvalue weighted by molar-refractivity contribution is 0.0671. The molecule has 0 aromatic carbocycles. The number of carbonyl (C=O) groups excluding carboxylic acids is 1. The summed E-state index contributed by atoms with van der Waals surface area (Å²) in [5.41, 5.74) is 5.83. The molecule has 0 saturated heterocycles. The number of nitrogens with zero attached hydrogens (tertiary/aromatic N) is 3. The molecule has 0 fully saturated rings. The second-order valence-corrected chi connectivity index (χ2v) is 5.52. The molecule has 0 radical (unpaired) electrons. The van der Waals surface area contributed by atoms with Gasteiger partial charge in [0.2, 0.25) is 0 Å². The van der Waals surface area contributed by atoms with Gasteiger partial charge >= 0.3 is 0 Å². The van der Waals surface area contributed by atoms with Crippen molar-refractivity contribution in [1.29, 1.82) is 0 Å². The van der Waals surface area contributed by atoms with E-state index in [2.05, 4.69) is 4.98 Å². The van der Waals surface area contributed by atoms with E-state index in [-0.39, 0.29) is 24.4 Å². The van der Waals surface area contributed by atoms with Crippen molar-refractivity contribution in [3.8, 4) is 0 Å². The highest BCUT2D eigenvalue weighted by Gasteiger charge is 2.24. The molecule has 3 N–H and O–H groups in total. The number of aromatic nitrogens is 1. The minimum Gasteiger partial charge on any atom is -0.395 e. The molecule has 0 aliphatic rings. The van der Waals surface area contributed by atoms with Gasteiger partial charge in [-0.1, -0.05) is 11.3 Å². The van der Waals surface area contributed by atoms with Gasteiger partial charge in [-0.3, -0.25) is 4.79 Å². The van der Waals surface area contributed by atoms with Crippen LogP contribution in [-0.2, 0) is 0 Å². The molecule has 0 spiro atoms. The van der Waals surface area contributed by atoms with Crippen LogP contribution in [0.25, 0.3) is 0 Å². The molecule has 0 unspecified atom stereocenters. The van der Waals surface area contributed by atoms with E-state index in [0.717, 1.165) is 11.7 Å². The van der Waals surface area contributed by atoms with Crippen molar-refractivity contribution in [2.24, 2.45) is 0 Å². The number of thiazole rings is 1. The van der Waals surface area contributed by atoms with Crippen LogP contribution in [0.1, 0.15) is 30.4 Å². The zero-order valence-corrected chi connectivity index (χ0v) is 12.7. The highest BCUT2D eigenvalue weighted by molar-refractivity contribution is 7.18. The molecular weight excluding hydrogens is 264 g/mol. The summed E-state index contributed by atoms with van der Waals surface area (Å²) in [6.45, 7) is 6.85. The third-order valence-corrected chi connectivity index (χ3v) is 4.04. The topological polar surface area (TPSA) is 82.7 Å². The van der Waals surface area contributed by atoms with Crippen LogP contribution in [-0.4, -0.2) is 53.7 Å². The Balaban J connectivity index is 3.01. The number of rotatable bonds is 6. The molecule has 0 aliphatic carbocycles. The maximum absolute atomic E-state index is 12.4. The fourth-order valence-corrected chi connectivity index (χ4v) is 2.57. The fraction of sp³-hybridized carbons (Fsp3) is 0.667. The lowest BCUT2D eigenvalue weighted by Gasteiger charge is -2.25. The summed E-state index contributed by atoms with van der Waals surface area (Å²) in [5, 5.41) is 9.77. The summed E-state index contributed by atoms with van der Waals surface area (Å²) in [6.07, 6.45) is 0. The van der Waals surface area contributed by atoms with Gasteiger partial charge < -0.3 is 20.6 Å². The van der Waals surface area contributed by atoms with Crippen LogP contribution in [0, 0.1) is 0 Å². The van der Waals surface area contributed by atoms with Crippen molar-refractivity contribution in [3.05, 3.63) is 4.88 Å². The van der Waals surface area contributed by atoms with Crippen LogP contribution in [0.15, 0.2) is 0 Å². The maximum atomic E-state index is 12.4. The van der Waals surface area contributed by atoms with Gasteiger partial charge in [0, 0.05) is 26.2 Å². The largest absolute Gasteiger partial charge is 0.395 e. The third-order valence-electron chi connectivity index (χ3n) is 2.86. The van der Waals surface area contributed by atoms with E-state index >= 15 is 0 Å². The number of hydrogen-bond donors (Lipinski definition) is 2. The Bertz CT molecular complexity index is 433. The van der Waals surface area contributed by atoms with Crippen molar-refractivity contribution in [1.82, 2.24) is 9.88 Å². The molecular formula is C12H22N4O2S. The van der Waals surface area contributed by atoms with Crippen LogP contribution >= 0.6 is 11.3 Å². The van der Waals surface area contributed by atoms with Crippen LogP contribution in [0.2, 0.25) is 0 Å². The highest BCUT2D eigenvalue weighted by atomic mass is 32.1. The lowest BCUT2D eigenvalue weighted by atomic mass is 10.3. The van der Waals surface area contributed by atoms with Gasteiger partial charge in [0.15, 0.2) is 5.13 Å². The smallest absolute Gasteiger partial charge is 0.268 e. The number of aliphatic hydroxyl groups is 1. The van der Waals surface area contributed by atoms with Crippen molar-refractivity contribution >= 4 is 28.2 Å². The molecule has 0 saturated carbocycles. The molecule has 0 bridgehead atoms. The first-order valence-electron chi connectivity index (χ1n) is 6.31. The van der Waals surface area contributed by atoms with Crippen molar-refractivity contribution < 1.29 is 9.90 Å². The Morgan fingerprint density at radius 3 is 2.63 bits per heavy atom. The second-order valence-electron chi connectivity index (χ2n) is 4.54. The van der Waals surface area contributed by atoms with E-state index in [0.29, 0.717) is 11.4 Å². The molecule has 19 heavy (non-hydrogen) atoms. The standard InChI is InChI=1S/C12H22N4O2S/c1-5-15(4)12-14-10(13)9(19-12)11(18)16(6-7-17)8(2)3/h8,17H,5-7,13H2,1-4H3. The number of nitrogens with two attached hydrogens (primary N) is 1. The summed E-state index contributed by atoms with van der Waals surface area (Å²) < 4.78 is 0. The Morgan fingerprint density at radius 2 is 2.16 bits per heavy atom. The Morgan fingerprint density at radius 1 is 1.53 bits per heavy atom. The summed E-state index contributed by atoms with van der Waals surface area (Å²) in [6, 6.07) is 0.00787. The van der Waals surface area contributed by atoms with E-state index < -0.39 is 0 Å². The minimum absolute atomic E-state index is 0.00787. The molecule has 1 rings (SSSR count).